The van der Waals surface area contributed by atoms with E-state index < -0.39 is 6.04 Å². The molecule has 34 heavy (non-hydrogen) atoms. The smallest absolute Gasteiger partial charge is 0.251 e. The van der Waals surface area contributed by atoms with Gasteiger partial charge in [-0.25, -0.2) is 0 Å². The first-order valence-corrected chi connectivity index (χ1v) is 11.8. The normalized spacial score (nSPS) is 11.3. The van der Waals surface area contributed by atoms with Gasteiger partial charge in [-0.15, -0.1) is 11.6 Å². The maximum atomic E-state index is 12.9. The Labute approximate surface area is 205 Å². The third kappa shape index (κ3) is 7.74. The quantitative estimate of drug-likeness (QED) is 0.143. The maximum absolute atomic E-state index is 12.9. The molecule has 0 saturated heterocycles. The molecular weight excluding hydrogens is 448 g/mol. The van der Waals surface area contributed by atoms with Crippen LogP contribution < -0.4 is 16.0 Å². The van der Waals surface area contributed by atoms with Crippen molar-refractivity contribution in [3.05, 3.63) is 96.1 Å². The van der Waals surface area contributed by atoms with Crippen LogP contribution in [0.25, 0.3) is 11.1 Å². The number of benzene rings is 3. The lowest BCUT2D eigenvalue weighted by Gasteiger charge is -2.19. The van der Waals surface area contributed by atoms with Gasteiger partial charge in [-0.1, -0.05) is 72.8 Å². The van der Waals surface area contributed by atoms with Crippen molar-refractivity contribution >= 4 is 29.3 Å². The van der Waals surface area contributed by atoms with Gasteiger partial charge in [-0.05, 0) is 41.7 Å². The number of hydrogen-bond acceptors (Lipinski definition) is 3. The third-order valence-electron chi connectivity index (χ3n) is 5.33. The molecule has 3 aromatic rings. The van der Waals surface area contributed by atoms with Gasteiger partial charge in [0.2, 0.25) is 5.91 Å². The Bertz CT molecular complexity index is 1070. The molecule has 0 saturated carbocycles. The van der Waals surface area contributed by atoms with E-state index in [0.29, 0.717) is 31.5 Å². The molecule has 0 aliphatic rings. The summed E-state index contributed by atoms with van der Waals surface area (Å²) in [7, 11) is 0. The minimum atomic E-state index is -0.697. The molecule has 3 aromatic carbocycles. The number of carbonyl (C=O) groups excluding carboxylic acids is 2. The summed E-state index contributed by atoms with van der Waals surface area (Å²) in [6, 6.07) is 26.2. The minimum absolute atomic E-state index is 0.108. The summed E-state index contributed by atoms with van der Waals surface area (Å²) in [4.78, 5) is 25.8. The van der Waals surface area contributed by atoms with Crippen LogP contribution in [-0.4, -0.2) is 36.1 Å². The Balaban J connectivity index is 1.63. The molecule has 0 aliphatic carbocycles. The van der Waals surface area contributed by atoms with Crippen LogP contribution in [0.2, 0.25) is 0 Å². The van der Waals surface area contributed by atoms with Crippen molar-refractivity contribution in [3.63, 3.8) is 0 Å². The molecule has 0 spiro atoms. The van der Waals surface area contributed by atoms with E-state index in [1.165, 1.54) is 0 Å². The summed E-state index contributed by atoms with van der Waals surface area (Å²) < 4.78 is 0. The average molecular weight is 477 g/mol. The molecule has 3 rings (SSSR count). The van der Waals surface area contributed by atoms with Gasteiger partial charge in [-0.3, -0.25) is 15.0 Å². The standard InChI is InChI=1S/C27H29ClN4O2/c28-18-25(29)30-17-7-12-24(27(34)31-19-20-8-3-1-4-9-20)32-26(33)23-15-13-22(14-16-23)21-10-5-2-6-11-21/h1-6,8-11,13-16,24H,7,12,17-19H2,(H2,29,30)(H,31,34)(H,32,33)/t24-/m0/s1. The number of amidine groups is 1. The monoisotopic (exact) mass is 476 g/mol. The molecular formula is C27H29ClN4O2. The summed E-state index contributed by atoms with van der Waals surface area (Å²) in [5.74, 6) is -0.211. The van der Waals surface area contributed by atoms with E-state index in [-0.39, 0.29) is 23.5 Å². The number of rotatable bonds is 11. The van der Waals surface area contributed by atoms with Crippen LogP contribution in [-0.2, 0) is 11.3 Å². The van der Waals surface area contributed by atoms with E-state index >= 15 is 0 Å². The number of amides is 2. The Morgan fingerprint density at radius 3 is 2.09 bits per heavy atom. The fourth-order valence-electron chi connectivity index (χ4n) is 3.46. The topological polar surface area (TPSA) is 94.1 Å². The highest BCUT2D eigenvalue weighted by atomic mass is 35.5. The van der Waals surface area contributed by atoms with Gasteiger partial charge in [0, 0.05) is 18.7 Å². The van der Waals surface area contributed by atoms with Crippen LogP contribution in [0.15, 0.2) is 84.9 Å². The summed E-state index contributed by atoms with van der Waals surface area (Å²) in [5, 5.41) is 16.3. The molecule has 0 radical (unpaired) electrons. The Morgan fingerprint density at radius 2 is 1.44 bits per heavy atom. The first kappa shape index (κ1) is 25.0. The molecule has 176 valence electrons. The van der Waals surface area contributed by atoms with Crippen molar-refractivity contribution < 1.29 is 9.59 Å². The number of alkyl halides is 1. The molecule has 0 aliphatic heterocycles. The maximum Gasteiger partial charge on any atom is 0.251 e. The number of hydrogen-bond donors (Lipinski definition) is 4. The number of carbonyl (C=O) groups is 2. The Hall–Kier alpha value is -3.64. The second-order valence-electron chi connectivity index (χ2n) is 7.85. The fourth-order valence-corrected chi connectivity index (χ4v) is 3.55. The van der Waals surface area contributed by atoms with Gasteiger partial charge < -0.3 is 16.0 Å². The molecule has 1 atom stereocenters. The average Bonchev–Trinajstić information content (AvgIpc) is 2.89. The van der Waals surface area contributed by atoms with Crippen LogP contribution in [0.3, 0.4) is 0 Å². The fraction of sp³-hybridized carbons (Fsp3) is 0.222. The second-order valence-corrected chi connectivity index (χ2v) is 8.12. The van der Waals surface area contributed by atoms with Crippen molar-refractivity contribution in [2.75, 3.05) is 12.4 Å². The van der Waals surface area contributed by atoms with Gasteiger partial charge in [0.1, 0.15) is 11.9 Å². The third-order valence-corrected chi connectivity index (χ3v) is 5.59. The summed E-state index contributed by atoms with van der Waals surface area (Å²) >= 11 is 5.62. The predicted octanol–water partition coefficient (Wildman–Crippen LogP) is 4.35. The van der Waals surface area contributed by atoms with E-state index in [4.69, 9.17) is 17.0 Å². The lowest BCUT2D eigenvalue weighted by Crippen LogP contribution is -2.46. The van der Waals surface area contributed by atoms with Gasteiger partial charge >= 0.3 is 0 Å². The van der Waals surface area contributed by atoms with Crippen molar-refractivity contribution in [1.82, 2.24) is 16.0 Å². The molecule has 0 unspecified atom stereocenters. The van der Waals surface area contributed by atoms with Crippen molar-refractivity contribution in [2.24, 2.45) is 0 Å². The van der Waals surface area contributed by atoms with Gasteiger partial charge in [-0.2, -0.15) is 0 Å². The van der Waals surface area contributed by atoms with Gasteiger partial charge in [0.15, 0.2) is 0 Å². The first-order valence-electron chi connectivity index (χ1n) is 11.2. The van der Waals surface area contributed by atoms with Crippen LogP contribution in [0, 0.1) is 5.41 Å². The highest BCUT2D eigenvalue weighted by molar-refractivity contribution is 6.27. The van der Waals surface area contributed by atoms with E-state index in [1.54, 1.807) is 12.1 Å². The molecule has 0 heterocycles. The summed E-state index contributed by atoms with van der Waals surface area (Å²) in [6.45, 7) is 0.878. The van der Waals surface area contributed by atoms with Gasteiger partial charge in [0.05, 0.1) is 5.88 Å². The first-order chi connectivity index (χ1) is 16.6. The zero-order chi connectivity index (χ0) is 24.2. The van der Waals surface area contributed by atoms with Crippen LogP contribution >= 0.6 is 11.6 Å². The largest absolute Gasteiger partial charge is 0.373 e. The highest BCUT2D eigenvalue weighted by Gasteiger charge is 2.21. The lowest BCUT2D eigenvalue weighted by molar-refractivity contribution is -0.123. The molecule has 0 fully saturated rings. The van der Waals surface area contributed by atoms with E-state index in [1.807, 2.05) is 72.8 Å². The van der Waals surface area contributed by atoms with E-state index in [0.717, 1.165) is 16.7 Å². The molecule has 2 amide bonds. The predicted molar refractivity (Wildman–Crippen MR) is 137 cm³/mol. The lowest BCUT2D eigenvalue weighted by atomic mass is 10.0. The molecule has 0 bridgehead atoms. The Morgan fingerprint density at radius 1 is 0.824 bits per heavy atom. The molecule has 0 aromatic heterocycles. The Kier molecular flexibility index (Phi) is 9.67. The molecule has 6 nitrogen and oxygen atoms in total. The summed E-state index contributed by atoms with van der Waals surface area (Å²) in [5.41, 5.74) is 3.56. The zero-order valence-electron chi connectivity index (χ0n) is 18.9. The molecule has 4 N–H and O–H groups in total. The number of halogens is 1. The summed E-state index contributed by atoms with van der Waals surface area (Å²) in [6.07, 6.45) is 1.02. The van der Waals surface area contributed by atoms with Crippen molar-refractivity contribution in [2.45, 2.75) is 25.4 Å². The highest BCUT2D eigenvalue weighted by Crippen LogP contribution is 2.19. The second kappa shape index (κ2) is 13.2. The number of nitrogens with one attached hydrogen (secondary N) is 4. The van der Waals surface area contributed by atoms with Crippen LogP contribution in [0.4, 0.5) is 0 Å². The van der Waals surface area contributed by atoms with Gasteiger partial charge in [0.25, 0.3) is 5.91 Å². The van der Waals surface area contributed by atoms with E-state index in [2.05, 4.69) is 16.0 Å². The molecule has 7 heteroatoms. The van der Waals surface area contributed by atoms with Crippen LogP contribution in [0.1, 0.15) is 28.8 Å². The van der Waals surface area contributed by atoms with E-state index in [9.17, 15) is 9.59 Å². The SMILES string of the molecule is N=C(CCl)NCCC[C@H](NC(=O)c1ccc(-c2ccccc2)cc1)C(=O)NCc1ccccc1. The zero-order valence-corrected chi connectivity index (χ0v) is 19.6. The van der Waals surface area contributed by atoms with Crippen LogP contribution in [0.5, 0.6) is 0 Å². The van der Waals surface area contributed by atoms with Crippen molar-refractivity contribution in [1.29, 1.82) is 5.41 Å². The minimum Gasteiger partial charge on any atom is -0.373 e. The van der Waals surface area contributed by atoms with Crippen molar-refractivity contribution in [3.8, 4) is 11.1 Å².